The summed E-state index contributed by atoms with van der Waals surface area (Å²) in [5, 5.41) is 0. The van der Waals surface area contributed by atoms with E-state index >= 15 is 0 Å². The standard InChI is InChI=1S/C3H4O3.Li/c4-3-5-1-2-6-3;/h1-2H2;. The predicted molar refractivity (Wildman–Crippen MR) is 23.1 cm³/mol. The average molecular weight is 95.0 g/mol. The molecule has 0 saturated carbocycles. The van der Waals surface area contributed by atoms with Crippen molar-refractivity contribution in [3.05, 3.63) is 0 Å². The molecule has 0 aromatic carbocycles. The van der Waals surface area contributed by atoms with E-state index in [1.165, 1.54) is 0 Å². The number of carbonyl (C=O) groups excluding carboxylic acids is 1. The second-order valence-electron chi connectivity index (χ2n) is 0.947. The van der Waals surface area contributed by atoms with Crippen LogP contribution in [0.25, 0.3) is 0 Å². The van der Waals surface area contributed by atoms with Gasteiger partial charge in [-0.05, 0) is 0 Å². The van der Waals surface area contributed by atoms with E-state index in [1.807, 2.05) is 0 Å². The molecule has 1 aliphatic rings. The van der Waals surface area contributed by atoms with Crippen LogP contribution in [-0.4, -0.2) is 38.2 Å². The smallest absolute Gasteiger partial charge is 0.431 e. The second-order valence-corrected chi connectivity index (χ2v) is 0.947. The van der Waals surface area contributed by atoms with Crippen LogP contribution in [0.5, 0.6) is 0 Å². The van der Waals surface area contributed by atoms with Gasteiger partial charge >= 0.3 is 6.16 Å². The van der Waals surface area contributed by atoms with Crippen LogP contribution < -0.4 is 0 Å². The first-order valence-electron chi connectivity index (χ1n) is 1.69. The molecule has 0 unspecified atom stereocenters. The molecule has 35 valence electrons. The number of carbonyl (C=O) groups is 1. The molecule has 0 N–H and O–H groups in total. The topological polar surface area (TPSA) is 35.5 Å². The van der Waals surface area contributed by atoms with Crippen molar-refractivity contribution in [1.82, 2.24) is 0 Å². The molecule has 1 heterocycles. The normalized spacial score (nSPS) is 16.9. The first-order chi connectivity index (χ1) is 2.89. The molecule has 0 amide bonds. The SMILES string of the molecule is O=C1OCCO1.[Li]. The Hall–Kier alpha value is -0.133. The van der Waals surface area contributed by atoms with E-state index in [0.29, 0.717) is 13.2 Å². The summed E-state index contributed by atoms with van der Waals surface area (Å²) in [5.74, 6) is 0. The van der Waals surface area contributed by atoms with Crippen LogP contribution in [0.15, 0.2) is 0 Å². The zero-order valence-electron chi connectivity index (χ0n) is 4.14. The first kappa shape index (κ1) is 6.87. The maximum Gasteiger partial charge on any atom is 0.508 e. The van der Waals surface area contributed by atoms with Gasteiger partial charge in [0.05, 0.1) is 0 Å². The van der Waals surface area contributed by atoms with E-state index in [1.54, 1.807) is 0 Å². The quantitative estimate of drug-likeness (QED) is 0.308. The van der Waals surface area contributed by atoms with Gasteiger partial charge in [-0.1, -0.05) is 0 Å². The summed E-state index contributed by atoms with van der Waals surface area (Å²) in [6, 6.07) is 0. The molecule has 0 aromatic rings. The van der Waals surface area contributed by atoms with Gasteiger partial charge in [-0.2, -0.15) is 0 Å². The van der Waals surface area contributed by atoms with Crippen LogP contribution in [0.2, 0.25) is 0 Å². The molecular formula is C3H4LiO3. The van der Waals surface area contributed by atoms with Crippen molar-refractivity contribution in [2.75, 3.05) is 13.2 Å². The summed E-state index contributed by atoms with van der Waals surface area (Å²) < 4.78 is 8.58. The van der Waals surface area contributed by atoms with Crippen LogP contribution in [-0.2, 0) is 9.47 Å². The molecule has 0 aliphatic carbocycles. The predicted octanol–water partition coefficient (Wildman–Crippen LogP) is -0.228. The van der Waals surface area contributed by atoms with Gasteiger partial charge in [0.15, 0.2) is 0 Å². The molecule has 4 heteroatoms. The van der Waals surface area contributed by atoms with Crippen molar-refractivity contribution in [3.8, 4) is 0 Å². The third kappa shape index (κ3) is 1.86. The zero-order valence-corrected chi connectivity index (χ0v) is 4.14. The molecule has 0 atom stereocenters. The van der Waals surface area contributed by atoms with E-state index in [9.17, 15) is 4.79 Å². The fraction of sp³-hybridized carbons (Fsp3) is 0.667. The van der Waals surface area contributed by atoms with E-state index in [-0.39, 0.29) is 18.9 Å². The van der Waals surface area contributed by atoms with Crippen molar-refractivity contribution >= 4 is 25.0 Å². The number of hydrogen-bond donors (Lipinski definition) is 0. The van der Waals surface area contributed by atoms with Crippen LogP contribution in [0.4, 0.5) is 4.79 Å². The summed E-state index contributed by atoms with van der Waals surface area (Å²) in [5.41, 5.74) is 0. The minimum absolute atomic E-state index is 0. The first-order valence-corrected chi connectivity index (χ1v) is 1.69. The van der Waals surface area contributed by atoms with Crippen molar-refractivity contribution in [2.24, 2.45) is 0 Å². The van der Waals surface area contributed by atoms with Gasteiger partial charge < -0.3 is 9.47 Å². The molecule has 0 bridgehead atoms. The second kappa shape index (κ2) is 2.95. The minimum atomic E-state index is -0.546. The Morgan fingerprint density at radius 3 is 1.86 bits per heavy atom. The van der Waals surface area contributed by atoms with Crippen molar-refractivity contribution in [2.45, 2.75) is 0 Å². The molecule has 0 spiro atoms. The van der Waals surface area contributed by atoms with E-state index in [0.717, 1.165) is 0 Å². The van der Waals surface area contributed by atoms with Gasteiger partial charge in [0.1, 0.15) is 13.2 Å². The number of cyclic esters (lactones) is 2. The Morgan fingerprint density at radius 1 is 1.29 bits per heavy atom. The summed E-state index contributed by atoms with van der Waals surface area (Å²) in [4.78, 5) is 9.80. The van der Waals surface area contributed by atoms with Crippen molar-refractivity contribution in [3.63, 3.8) is 0 Å². The molecule has 0 aromatic heterocycles. The van der Waals surface area contributed by atoms with Crippen LogP contribution in [0.3, 0.4) is 0 Å². The van der Waals surface area contributed by atoms with Gasteiger partial charge in [0.2, 0.25) is 0 Å². The maximum atomic E-state index is 9.80. The molecule has 1 saturated heterocycles. The summed E-state index contributed by atoms with van der Waals surface area (Å²) in [6.45, 7) is 0.831. The number of ether oxygens (including phenoxy) is 2. The molecule has 3 nitrogen and oxygen atoms in total. The summed E-state index contributed by atoms with van der Waals surface area (Å²) >= 11 is 0. The Labute approximate surface area is 53.1 Å². The molecule has 1 radical (unpaired) electrons. The van der Waals surface area contributed by atoms with Crippen LogP contribution >= 0.6 is 0 Å². The summed E-state index contributed by atoms with van der Waals surface area (Å²) in [7, 11) is 0. The van der Waals surface area contributed by atoms with Gasteiger partial charge in [0.25, 0.3) is 0 Å². The minimum Gasteiger partial charge on any atom is -0.431 e. The van der Waals surface area contributed by atoms with Gasteiger partial charge in [0, 0.05) is 18.9 Å². The zero-order chi connectivity index (χ0) is 4.41. The van der Waals surface area contributed by atoms with Gasteiger partial charge in [-0.25, -0.2) is 4.79 Å². The Bertz CT molecular complexity index is 64.6. The average Bonchev–Trinajstić information content (AvgIpc) is 1.86. The van der Waals surface area contributed by atoms with E-state index < -0.39 is 6.16 Å². The fourth-order valence-electron chi connectivity index (χ4n) is 0.292. The summed E-state index contributed by atoms with van der Waals surface area (Å²) in [6.07, 6.45) is -0.546. The Kier molecular flexibility index (Phi) is 2.89. The van der Waals surface area contributed by atoms with Crippen LogP contribution in [0, 0.1) is 0 Å². The van der Waals surface area contributed by atoms with Crippen molar-refractivity contribution < 1.29 is 14.3 Å². The largest absolute Gasteiger partial charge is 0.508 e. The van der Waals surface area contributed by atoms with Gasteiger partial charge in [-0.15, -0.1) is 0 Å². The Balaban J connectivity index is 0.000000360. The third-order valence-electron chi connectivity index (χ3n) is 0.523. The van der Waals surface area contributed by atoms with E-state index in [2.05, 4.69) is 9.47 Å². The fourth-order valence-corrected chi connectivity index (χ4v) is 0.292. The molecule has 1 rings (SSSR count). The van der Waals surface area contributed by atoms with Crippen molar-refractivity contribution in [1.29, 1.82) is 0 Å². The third-order valence-corrected chi connectivity index (χ3v) is 0.523. The monoisotopic (exact) mass is 95.0 g/mol. The number of rotatable bonds is 0. The van der Waals surface area contributed by atoms with Gasteiger partial charge in [-0.3, -0.25) is 0 Å². The Morgan fingerprint density at radius 2 is 1.71 bits per heavy atom. The van der Waals surface area contributed by atoms with Crippen LogP contribution in [0.1, 0.15) is 0 Å². The maximum absolute atomic E-state index is 9.80. The molecular weight excluding hydrogens is 91.0 g/mol. The number of hydrogen-bond acceptors (Lipinski definition) is 3. The molecule has 1 fully saturated rings. The molecule has 1 aliphatic heterocycles. The van der Waals surface area contributed by atoms with E-state index in [4.69, 9.17) is 0 Å². The molecule has 7 heavy (non-hydrogen) atoms.